The van der Waals surface area contributed by atoms with Gasteiger partial charge in [0.05, 0.1) is 66.2 Å². The number of halogens is 3. The van der Waals surface area contributed by atoms with E-state index in [-0.39, 0.29) is 31.7 Å². The Balaban J connectivity index is 0.000000250. The summed E-state index contributed by atoms with van der Waals surface area (Å²) in [5.74, 6) is -0.303. The number of hydrogen-bond donors (Lipinski definition) is 1. The van der Waals surface area contributed by atoms with Crippen LogP contribution in [0.4, 0.5) is 15.8 Å². The number of nitriles is 4. The van der Waals surface area contributed by atoms with E-state index in [9.17, 15) is 4.39 Å². The molecule has 76 heavy (non-hydrogen) atoms. The Hall–Kier alpha value is -10.5. The van der Waals surface area contributed by atoms with Gasteiger partial charge in [-0.2, -0.15) is 36.3 Å². The molecular weight excluding hydrogens is 1050 g/mol. The summed E-state index contributed by atoms with van der Waals surface area (Å²) >= 11 is 3.32. The number of hydrogen-bond acceptors (Lipinski definition) is 12. The molecule has 4 aromatic heterocycles. The quantitative estimate of drug-likeness (QED) is 0.110. The highest BCUT2D eigenvalue weighted by molar-refractivity contribution is 9.08. The van der Waals surface area contributed by atoms with Gasteiger partial charge in [-0.05, 0) is 88.5 Å². The minimum absolute atomic E-state index is 0. The molecule has 0 aliphatic carbocycles. The molecular formula is C55H45BrClFN18. The van der Waals surface area contributed by atoms with Crippen LogP contribution in [-0.2, 0) is 18.4 Å². The van der Waals surface area contributed by atoms with Crippen LogP contribution in [0.5, 0.6) is 0 Å². The zero-order valence-electron chi connectivity index (χ0n) is 39.4. The standard InChI is InChI=1S/C17H11N5.2C10H8N4.C8H6BrN.C7H4FN.C2H3N3.CH4.ClH/c1-19-16-8-6-15(7-9-16)17(22-12-20-11-21-22)14-4-2-13(10-18)3-5-14;11-5-9-1-3-10(4-2-9)6-14-7-12-13-8-14;11-5-9-1-3-10(4-2-9)6-14-8-12-7-13-14;9-5-7-1-3-8(6-10)4-2-7;1-9-7-4-2-6(8)3-5-7;1-3-2-5-4-1;;/h2-9,11-12,17H;2*1-4,7-8H,6H2;1-4H,5H2;2-5H;1-2H,(H,3,4,5);1H4;1H. The van der Waals surface area contributed by atoms with Crippen LogP contribution in [0.3, 0.4) is 0 Å². The van der Waals surface area contributed by atoms with E-state index < -0.39 is 0 Å². The third-order valence-corrected chi connectivity index (χ3v) is 10.4. The first-order chi connectivity index (χ1) is 36.3. The van der Waals surface area contributed by atoms with Gasteiger partial charge in [0, 0.05) is 11.9 Å². The average Bonchev–Trinajstić information content (AvgIpc) is 4.35. The number of aromatic amines is 1. The average molecular weight is 1090 g/mol. The van der Waals surface area contributed by atoms with Gasteiger partial charge >= 0.3 is 0 Å². The predicted molar refractivity (Wildman–Crippen MR) is 288 cm³/mol. The van der Waals surface area contributed by atoms with Crippen molar-refractivity contribution >= 4 is 39.7 Å². The van der Waals surface area contributed by atoms with E-state index in [4.69, 9.17) is 34.2 Å². The number of rotatable bonds is 8. The van der Waals surface area contributed by atoms with Crippen molar-refractivity contribution in [1.29, 1.82) is 21.0 Å². The summed E-state index contributed by atoms with van der Waals surface area (Å²) in [4.78, 5) is 17.9. The second-order valence-corrected chi connectivity index (χ2v) is 15.3. The van der Waals surface area contributed by atoms with Crippen LogP contribution >= 0.6 is 28.3 Å². The lowest BCUT2D eigenvalue weighted by molar-refractivity contribution is 0.594. The van der Waals surface area contributed by atoms with Crippen molar-refractivity contribution in [2.45, 2.75) is 31.9 Å². The van der Waals surface area contributed by atoms with Gasteiger partial charge in [0.15, 0.2) is 11.4 Å². The summed E-state index contributed by atoms with van der Waals surface area (Å²) < 4.78 is 17.5. The highest BCUT2D eigenvalue weighted by atomic mass is 79.9. The van der Waals surface area contributed by atoms with Gasteiger partial charge in [0.25, 0.3) is 0 Å². The molecule has 1 unspecified atom stereocenters. The molecule has 18 nitrogen and oxygen atoms in total. The summed E-state index contributed by atoms with van der Waals surface area (Å²) in [7, 11) is 0. The van der Waals surface area contributed by atoms with Crippen LogP contribution in [0.1, 0.15) is 63.5 Å². The Morgan fingerprint density at radius 2 is 0.974 bits per heavy atom. The molecule has 0 saturated heterocycles. The Kier molecular flexibility index (Phi) is 26.8. The molecule has 1 N–H and O–H groups in total. The monoisotopic (exact) mass is 1090 g/mol. The van der Waals surface area contributed by atoms with Gasteiger partial charge in [0.2, 0.25) is 0 Å². The summed E-state index contributed by atoms with van der Waals surface area (Å²) in [6, 6.07) is 50.8. The fraction of sp³-hybridized carbons (Fsp3) is 0.0909. The van der Waals surface area contributed by atoms with Gasteiger partial charge in [-0.3, -0.25) is 5.10 Å². The first kappa shape index (κ1) is 59.8. The second kappa shape index (κ2) is 34.0. The van der Waals surface area contributed by atoms with E-state index in [0.717, 1.165) is 34.1 Å². The summed E-state index contributed by atoms with van der Waals surface area (Å²) in [6.07, 6.45) is 12.6. The number of alkyl halides is 1. The third kappa shape index (κ3) is 20.7. The second-order valence-electron chi connectivity index (χ2n) is 14.7. The van der Waals surface area contributed by atoms with Gasteiger partial charge in [-0.15, -0.1) is 22.6 Å². The minimum Gasteiger partial charge on any atom is -0.316 e. The summed E-state index contributed by atoms with van der Waals surface area (Å²) in [5, 5.41) is 57.1. The highest BCUT2D eigenvalue weighted by Crippen LogP contribution is 2.28. The Morgan fingerprint density at radius 3 is 1.36 bits per heavy atom. The largest absolute Gasteiger partial charge is 0.316 e. The highest BCUT2D eigenvalue weighted by Gasteiger charge is 2.17. The summed E-state index contributed by atoms with van der Waals surface area (Å²) in [5.41, 5.74) is 9.18. The molecule has 4 heterocycles. The first-order valence-corrected chi connectivity index (χ1v) is 22.8. The molecule has 0 aliphatic heterocycles. The molecule has 0 amide bonds. The van der Waals surface area contributed by atoms with E-state index in [0.29, 0.717) is 40.2 Å². The predicted octanol–water partition coefficient (Wildman–Crippen LogP) is 11.4. The lowest BCUT2D eigenvalue weighted by atomic mass is 9.98. The molecule has 376 valence electrons. The van der Waals surface area contributed by atoms with Crippen molar-refractivity contribution < 1.29 is 4.39 Å². The zero-order chi connectivity index (χ0) is 52.6. The topological polar surface area (TPSA) is 238 Å². The molecule has 10 rings (SSSR count). The Labute approximate surface area is 453 Å². The fourth-order valence-corrected chi connectivity index (χ4v) is 6.43. The number of H-pyrrole nitrogens is 1. The van der Waals surface area contributed by atoms with Crippen molar-refractivity contribution in [1.82, 2.24) is 59.5 Å². The molecule has 6 aromatic carbocycles. The van der Waals surface area contributed by atoms with Crippen molar-refractivity contribution in [3.05, 3.63) is 275 Å². The van der Waals surface area contributed by atoms with Crippen molar-refractivity contribution in [3.8, 4) is 24.3 Å². The number of nitrogens with one attached hydrogen (secondary N) is 1. The normalized spacial score (nSPS) is 9.53. The van der Waals surface area contributed by atoms with Crippen LogP contribution in [0, 0.1) is 64.3 Å². The van der Waals surface area contributed by atoms with Gasteiger partial charge in [-0.1, -0.05) is 108 Å². The van der Waals surface area contributed by atoms with Crippen LogP contribution < -0.4 is 0 Å². The van der Waals surface area contributed by atoms with Gasteiger partial charge < -0.3 is 4.57 Å². The van der Waals surface area contributed by atoms with Crippen molar-refractivity contribution in [3.63, 3.8) is 0 Å². The molecule has 0 aliphatic rings. The van der Waals surface area contributed by atoms with Gasteiger partial charge in [0.1, 0.15) is 62.5 Å². The maximum absolute atomic E-state index is 12.1. The fourth-order valence-electron chi connectivity index (χ4n) is 6.06. The SMILES string of the molecule is C.Cl.N#Cc1ccc(CBr)cc1.N#Cc1ccc(Cn2cncn2)cc1.N#Cc1ccc(Cn2cnnc2)cc1.[C-]#[N+]c1ccc(C(c2ccc(C#N)cc2)n2cncn2)cc1.[C-]#[N+]c1ccc(F)cc1.c1nc[nH]n1. The van der Waals surface area contributed by atoms with Crippen LogP contribution in [-0.4, -0.2) is 59.5 Å². The molecule has 0 radical (unpaired) electrons. The molecule has 0 bridgehead atoms. The first-order valence-electron chi connectivity index (χ1n) is 21.7. The smallest absolute Gasteiger partial charge is 0.187 e. The molecule has 1 atom stereocenters. The van der Waals surface area contributed by atoms with E-state index in [1.54, 1.807) is 83.2 Å². The van der Waals surface area contributed by atoms with E-state index in [2.05, 4.69) is 95.4 Å². The number of aromatic nitrogens is 12. The van der Waals surface area contributed by atoms with E-state index >= 15 is 0 Å². The minimum atomic E-state index is -0.303. The van der Waals surface area contributed by atoms with E-state index in [1.165, 1.54) is 55.1 Å². The summed E-state index contributed by atoms with van der Waals surface area (Å²) in [6.45, 7) is 15.0. The molecule has 21 heteroatoms. The molecule has 10 aromatic rings. The molecule has 0 fully saturated rings. The third-order valence-electron chi connectivity index (χ3n) is 9.73. The Morgan fingerprint density at radius 1 is 0.539 bits per heavy atom. The van der Waals surface area contributed by atoms with Crippen molar-refractivity contribution in [2.75, 3.05) is 0 Å². The Bertz CT molecular complexity index is 3240. The number of nitrogens with zero attached hydrogens (tertiary/aromatic N) is 17. The number of benzene rings is 6. The van der Waals surface area contributed by atoms with Crippen LogP contribution in [0.25, 0.3) is 9.69 Å². The maximum atomic E-state index is 12.1. The van der Waals surface area contributed by atoms with Crippen LogP contribution in [0.2, 0.25) is 0 Å². The lowest BCUT2D eigenvalue weighted by Crippen LogP contribution is -2.12. The lowest BCUT2D eigenvalue weighted by Gasteiger charge is -2.18. The van der Waals surface area contributed by atoms with Crippen LogP contribution in [0.15, 0.2) is 196 Å². The zero-order valence-corrected chi connectivity index (χ0v) is 41.8. The molecule has 0 spiro atoms. The molecule has 0 saturated carbocycles. The van der Waals surface area contributed by atoms with Gasteiger partial charge in [-0.25, -0.2) is 38.4 Å². The van der Waals surface area contributed by atoms with Crippen molar-refractivity contribution in [2.24, 2.45) is 0 Å². The van der Waals surface area contributed by atoms with E-state index in [1.807, 2.05) is 77.4 Å². The maximum Gasteiger partial charge on any atom is 0.187 e.